The Hall–Kier alpha value is -6.20. The number of anilines is 8. The monoisotopic (exact) mass is 585 g/mol. The van der Waals surface area contributed by atoms with E-state index < -0.39 is 12.1 Å². The molecular weight excluding hydrogens is 550 g/mol. The predicted octanol–water partition coefficient (Wildman–Crippen LogP) is -5.55. The fraction of sp³-hybridized carbons (Fsp3) is 0.0769. The molecule has 224 valence electrons. The topological polar surface area (TPSA) is 428 Å². The fourth-order valence-corrected chi connectivity index (χ4v) is 6.28. The first-order valence-electron chi connectivity index (χ1n) is 12.9. The lowest BCUT2D eigenvalue weighted by Gasteiger charge is -2.29. The Kier molecular flexibility index (Phi) is 5.14. The van der Waals surface area contributed by atoms with E-state index in [0.717, 1.165) is 0 Å². The highest BCUT2D eigenvalue weighted by Crippen LogP contribution is 2.54. The van der Waals surface area contributed by atoms with Gasteiger partial charge in [0.15, 0.2) is 0 Å². The summed E-state index contributed by atoms with van der Waals surface area (Å²) in [7, 11) is 0. The molecule has 0 amide bonds. The SMILES string of the molecule is NC1=C2C(NC3=C4C(=C(N)C(N)=C(N)C4N)c4c(N)c(N)c(N)c(N)c43)=c3c(N)c(N)c(N)c(N)c3=C2C(N)C(N)=C1N. The summed E-state index contributed by atoms with van der Waals surface area (Å²) in [6.45, 7) is 0. The Morgan fingerprint density at radius 1 is 0.372 bits per heavy atom. The van der Waals surface area contributed by atoms with E-state index in [2.05, 4.69) is 5.32 Å². The van der Waals surface area contributed by atoms with E-state index >= 15 is 0 Å². The van der Waals surface area contributed by atoms with Crippen molar-refractivity contribution in [2.75, 3.05) is 45.9 Å². The number of hydrogen-bond donors (Lipinski definition) is 17. The molecule has 0 saturated carbocycles. The molecule has 0 radical (unpaired) electrons. The lowest BCUT2D eigenvalue weighted by Crippen LogP contribution is -2.41. The van der Waals surface area contributed by atoms with E-state index in [4.69, 9.17) is 91.7 Å². The highest BCUT2D eigenvalue weighted by atomic mass is 15.0. The second-order valence-electron chi connectivity index (χ2n) is 10.8. The molecule has 33 N–H and O–H groups in total. The molecule has 17 nitrogen and oxygen atoms in total. The van der Waals surface area contributed by atoms with Gasteiger partial charge in [0.1, 0.15) is 0 Å². The van der Waals surface area contributed by atoms with E-state index in [-0.39, 0.29) is 79.7 Å². The number of nitrogen functional groups attached to an aromatic ring is 8. The summed E-state index contributed by atoms with van der Waals surface area (Å²) in [5.41, 5.74) is 107. The summed E-state index contributed by atoms with van der Waals surface area (Å²) in [5.74, 6) is 0. The quantitative estimate of drug-likeness (QED) is 0.146. The van der Waals surface area contributed by atoms with Gasteiger partial charge in [0, 0.05) is 38.3 Å². The predicted molar refractivity (Wildman–Crippen MR) is 173 cm³/mol. The molecule has 0 saturated heterocycles. The number of benzene rings is 2. The smallest absolute Gasteiger partial charge is 0.0810 e. The van der Waals surface area contributed by atoms with Crippen LogP contribution < -0.4 is 107 Å². The van der Waals surface area contributed by atoms with Crippen molar-refractivity contribution < 1.29 is 0 Å². The normalized spacial score (nSPS) is 21.1. The van der Waals surface area contributed by atoms with Crippen molar-refractivity contribution in [3.63, 3.8) is 0 Å². The summed E-state index contributed by atoms with van der Waals surface area (Å²) in [6, 6.07) is -1.90. The van der Waals surface area contributed by atoms with Gasteiger partial charge in [-0.15, -0.1) is 0 Å². The lowest BCUT2D eigenvalue weighted by atomic mass is 9.87. The molecule has 2 atom stereocenters. The van der Waals surface area contributed by atoms with Gasteiger partial charge in [-0.25, -0.2) is 0 Å². The maximum Gasteiger partial charge on any atom is 0.0810 e. The van der Waals surface area contributed by atoms with Gasteiger partial charge in [-0.3, -0.25) is 0 Å². The number of hydrogen-bond acceptors (Lipinski definition) is 17. The van der Waals surface area contributed by atoms with Gasteiger partial charge >= 0.3 is 0 Å². The van der Waals surface area contributed by atoms with E-state index in [9.17, 15) is 0 Å². The molecule has 0 aromatic heterocycles. The van der Waals surface area contributed by atoms with Gasteiger partial charge in [-0.1, -0.05) is 0 Å². The van der Waals surface area contributed by atoms with E-state index in [1.807, 2.05) is 0 Å². The van der Waals surface area contributed by atoms with E-state index in [1.54, 1.807) is 0 Å². The Morgan fingerprint density at radius 3 is 1.33 bits per heavy atom. The zero-order valence-corrected chi connectivity index (χ0v) is 22.9. The summed E-state index contributed by atoms with van der Waals surface area (Å²) in [4.78, 5) is 0. The first-order chi connectivity index (χ1) is 20.1. The van der Waals surface area contributed by atoms with Gasteiger partial charge in [0.2, 0.25) is 0 Å². The number of nitrogens with two attached hydrogens (primary N) is 16. The molecule has 2 aromatic carbocycles. The van der Waals surface area contributed by atoms with Crippen molar-refractivity contribution in [3.05, 3.63) is 66.9 Å². The van der Waals surface area contributed by atoms with Crippen molar-refractivity contribution in [2.24, 2.45) is 45.9 Å². The maximum atomic E-state index is 6.66. The maximum absolute atomic E-state index is 6.66. The molecule has 17 heteroatoms. The van der Waals surface area contributed by atoms with Crippen LogP contribution in [0.3, 0.4) is 0 Å². The van der Waals surface area contributed by atoms with Crippen LogP contribution in [-0.2, 0) is 0 Å². The summed E-state index contributed by atoms with van der Waals surface area (Å²) >= 11 is 0. The van der Waals surface area contributed by atoms with Crippen molar-refractivity contribution in [1.82, 2.24) is 5.32 Å². The minimum atomic E-state index is -0.970. The molecule has 0 fully saturated rings. The van der Waals surface area contributed by atoms with Crippen LogP contribution in [0.2, 0.25) is 0 Å². The molecule has 2 aromatic rings. The van der Waals surface area contributed by atoms with Crippen molar-refractivity contribution in [2.45, 2.75) is 12.1 Å². The average molecular weight is 586 g/mol. The van der Waals surface area contributed by atoms with Crippen LogP contribution >= 0.6 is 0 Å². The van der Waals surface area contributed by atoms with Crippen LogP contribution in [0.1, 0.15) is 11.1 Å². The third-order valence-electron chi connectivity index (χ3n) is 8.68. The van der Waals surface area contributed by atoms with Gasteiger partial charge in [0.05, 0.1) is 103 Å². The van der Waals surface area contributed by atoms with Crippen LogP contribution in [0.25, 0.3) is 22.5 Å². The molecule has 0 spiro atoms. The van der Waals surface area contributed by atoms with Gasteiger partial charge < -0.3 is 97.1 Å². The molecule has 4 aliphatic carbocycles. The van der Waals surface area contributed by atoms with Crippen molar-refractivity contribution in [1.29, 1.82) is 0 Å². The minimum Gasteiger partial charge on any atom is -0.399 e. The average Bonchev–Trinajstić information content (AvgIpc) is 3.50. The summed E-state index contributed by atoms with van der Waals surface area (Å²) in [5, 5.41) is 4.13. The summed E-state index contributed by atoms with van der Waals surface area (Å²) < 4.78 is 0. The van der Waals surface area contributed by atoms with E-state index in [0.29, 0.717) is 55.3 Å². The molecule has 43 heavy (non-hydrogen) atoms. The molecular formula is C26H35N17. The van der Waals surface area contributed by atoms with Crippen LogP contribution in [0.15, 0.2) is 45.3 Å². The molecule has 0 heterocycles. The zero-order valence-electron chi connectivity index (χ0n) is 22.9. The Morgan fingerprint density at radius 2 is 0.791 bits per heavy atom. The standard InChI is InChI=1S/C26H35N17/c27-9-1-2-6(14(32)22(40)18(36)10(2)28)25(5(1)13(31)21(39)17(9)35)43-26-7-3(11(29)19(37)23(41)15(7)33)4-8(26)16(34)24(42)20(38)12(4)30/h9,15,43H,27-42H2. The molecule has 6 rings (SSSR count). The number of fused-ring (bicyclic) bond motifs is 5. The third-order valence-corrected chi connectivity index (χ3v) is 8.68. The second-order valence-corrected chi connectivity index (χ2v) is 10.8. The van der Waals surface area contributed by atoms with E-state index in [1.165, 1.54) is 0 Å². The number of nitrogens with one attached hydrogen (secondary N) is 1. The lowest BCUT2D eigenvalue weighted by molar-refractivity contribution is 0.859. The number of rotatable bonds is 2. The van der Waals surface area contributed by atoms with Crippen LogP contribution in [0.4, 0.5) is 45.5 Å². The third kappa shape index (κ3) is 2.95. The van der Waals surface area contributed by atoms with Gasteiger partial charge in [0.25, 0.3) is 0 Å². The summed E-state index contributed by atoms with van der Waals surface area (Å²) in [6.07, 6.45) is 0. The van der Waals surface area contributed by atoms with Gasteiger partial charge in [-0.05, 0) is 5.57 Å². The highest BCUT2D eigenvalue weighted by Gasteiger charge is 2.43. The van der Waals surface area contributed by atoms with Gasteiger partial charge in [-0.2, -0.15) is 0 Å². The Labute approximate surface area is 244 Å². The Balaban J connectivity index is 1.80. The van der Waals surface area contributed by atoms with Crippen LogP contribution in [-0.4, -0.2) is 12.1 Å². The van der Waals surface area contributed by atoms with Crippen LogP contribution in [0.5, 0.6) is 0 Å². The first-order valence-corrected chi connectivity index (χ1v) is 12.9. The molecule has 4 aliphatic rings. The van der Waals surface area contributed by atoms with Crippen molar-refractivity contribution in [3.8, 4) is 0 Å². The zero-order chi connectivity index (χ0) is 31.7. The molecule has 2 unspecified atom stereocenters. The first kappa shape index (κ1) is 27.0. The second kappa shape index (κ2) is 8.18. The highest BCUT2D eigenvalue weighted by molar-refractivity contribution is 6.15. The van der Waals surface area contributed by atoms with Crippen molar-refractivity contribution >= 4 is 68.0 Å². The minimum absolute atomic E-state index is 0.0414. The Bertz CT molecular complexity index is 2060. The van der Waals surface area contributed by atoms with Crippen LogP contribution in [0, 0.1) is 0 Å². The fourth-order valence-electron chi connectivity index (χ4n) is 6.28. The molecule has 0 bridgehead atoms. The largest absolute Gasteiger partial charge is 0.399 e. The molecule has 0 aliphatic heterocycles.